The Morgan fingerprint density at radius 2 is 0.831 bits per heavy atom. The van der Waals surface area contributed by atoms with Crippen molar-refractivity contribution in [1.82, 2.24) is 93.1 Å². The quantitative estimate of drug-likeness (QED) is 0.0112. The first-order valence-electron chi connectivity index (χ1n) is 46.4. The van der Waals surface area contributed by atoms with Crippen LogP contribution in [0.5, 0.6) is 0 Å². The summed E-state index contributed by atoms with van der Waals surface area (Å²) >= 11 is 0. The van der Waals surface area contributed by atoms with Crippen molar-refractivity contribution < 1.29 is 66.7 Å². The third-order valence-corrected chi connectivity index (χ3v) is 25.6. The van der Waals surface area contributed by atoms with Crippen molar-refractivity contribution >= 4 is 132 Å². The summed E-state index contributed by atoms with van der Waals surface area (Å²) < 4.78 is 14.9. The second kappa shape index (κ2) is 47.8. The van der Waals surface area contributed by atoms with Gasteiger partial charge in [0.1, 0.15) is 78.3 Å². The topological polar surface area (TPSA) is 605 Å². The summed E-state index contributed by atoms with van der Waals surface area (Å²) in [4.78, 5) is 212. The van der Waals surface area contributed by atoms with Crippen LogP contribution < -0.4 is 87.2 Å². The number of guanidine groups is 2. The number of H-pyrrole nitrogens is 4. The highest BCUT2D eigenvalue weighted by molar-refractivity contribution is 6.02. The second-order valence-corrected chi connectivity index (χ2v) is 35.2. The number of aromatic nitrogens is 4. The van der Waals surface area contributed by atoms with Gasteiger partial charge in [-0.2, -0.15) is 0 Å². The molecule has 0 spiro atoms. The van der Waals surface area contributed by atoms with E-state index in [1.807, 2.05) is 105 Å². The molecule has 9 aromatic rings. The van der Waals surface area contributed by atoms with Crippen LogP contribution in [-0.4, -0.2) is 241 Å². The van der Waals surface area contributed by atoms with Gasteiger partial charge in [0.15, 0.2) is 11.9 Å². The van der Waals surface area contributed by atoms with E-state index in [9.17, 15) is 28.4 Å². The molecule has 3 fully saturated rings. The van der Waals surface area contributed by atoms with Gasteiger partial charge >= 0.3 is 0 Å². The zero-order valence-corrected chi connectivity index (χ0v) is 76.3. The van der Waals surface area contributed by atoms with Crippen molar-refractivity contribution in [2.75, 3.05) is 39.3 Å². The van der Waals surface area contributed by atoms with E-state index in [1.165, 1.54) is 39.0 Å². The molecule has 0 bridgehead atoms. The molecule has 3 aliphatic heterocycles. The maximum absolute atomic E-state index is 16.0. The van der Waals surface area contributed by atoms with Crippen molar-refractivity contribution in [1.29, 1.82) is 10.8 Å². The van der Waals surface area contributed by atoms with E-state index in [0.29, 0.717) is 81.0 Å². The molecule has 4 aromatic heterocycles. The Labute approximate surface area is 785 Å². The van der Waals surface area contributed by atoms with Crippen LogP contribution in [0.1, 0.15) is 138 Å². The molecule has 0 aliphatic carbocycles. The molecule has 0 unspecified atom stereocenters. The van der Waals surface area contributed by atoms with Gasteiger partial charge in [0, 0.05) is 134 Å². The van der Waals surface area contributed by atoms with Gasteiger partial charge < -0.3 is 122 Å². The van der Waals surface area contributed by atoms with E-state index in [1.54, 1.807) is 30.7 Å². The zero-order chi connectivity index (χ0) is 97.2. The number of likely N-dealkylation sites (tertiary alicyclic amines) is 3. The average molecular weight is 1870 g/mol. The molecule has 5 aromatic carbocycles. The SMILES string of the molecule is C#CC[C@H](NC(=O)[C@@H](N)[C@@H](C)CC)C(=O)N1CCC[C@H]1C(=O)N[C@@H](Cc1c[nH]c2ccccc12)C(=O)N[C@@H](CCCCN)C(=O)N[C@@H](Cc1c[nH]c2ccccc12)C(=O)N1CCC[C@H]1C(=O)N[C@@H](Cc1ccc(F)cc1)C(=O)N[C@@H](Cc1c[nH]c2ccccc12)C(=O)N1CCC[C@H]1C(=O)N[C@@H](Cc1cc2ccccc2[nH]1)C(=O)N[C@@H](CCCNC(=N)N)C(=O)N[C@@H](CCCNC(=N)N)C(N)=O. The number of benzene rings is 5. The van der Waals surface area contributed by atoms with Gasteiger partial charge in [-0.3, -0.25) is 73.1 Å². The fourth-order valence-corrected chi connectivity index (χ4v) is 18.1. The molecule has 14 atom stereocenters. The molecular weight excluding hydrogens is 1740 g/mol. The van der Waals surface area contributed by atoms with Crippen LogP contribution >= 0.6 is 0 Å². The number of nitrogens with zero attached hydrogens (tertiary/aromatic N) is 3. The predicted molar refractivity (Wildman–Crippen MR) is 511 cm³/mol. The van der Waals surface area contributed by atoms with Gasteiger partial charge in [-0.25, -0.2) is 4.39 Å². The molecule has 0 radical (unpaired) electrons. The molecule has 12 rings (SSSR count). The molecule has 7 heterocycles. The number of fused-ring (bicyclic) bond motifs is 4. The summed E-state index contributed by atoms with van der Waals surface area (Å²) in [6.45, 7) is 4.25. The number of aromatic amines is 4. The average Bonchev–Trinajstić information content (AvgIpc) is 1.58. The summed E-state index contributed by atoms with van der Waals surface area (Å²) in [5, 5.41) is 49.1. The maximum atomic E-state index is 16.0. The lowest BCUT2D eigenvalue weighted by molar-refractivity contribution is -0.143. The third kappa shape index (κ3) is 26.2. The summed E-state index contributed by atoms with van der Waals surface area (Å²) in [5.74, 6) is -8.98. The summed E-state index contributed by atoms with van der Waals surface area (Å²) in [7, 11) is 0. The third-order valence-electron chi connectivity index (χ3n) is 25.6. The molecule has 13 amide bonds. The first-order chi connectivity index (χ1) is 65.5. The molecule has 3 aliphatic rings. The predicted octanol–water partition coefficient (Wildman–Crippen LogP) is 2.14. The van der Waals surface area contributed by atoms with Gasteiger partial charge in [-0.15, -0.1) is 12.3 Å². The number of carbonyl (C=O) groups is 13. The molecular formula is C97H124FN25O13. The lowest BCUT2D eigenvalue weighted by atomic mass is 9.99. The second-order valence-electron chi connectivity index (χ2n) is 35.2. The highest BCUT2D eigenvalue weighted by Crippen LogP contribution is 2.30. The highest BCUT2D eigenvalue weighted by Gasteiger charge is 2.45. The normalized spacial score (nSPS) is 17.2. The van der Waals surface area contributed by atoms with Crippen molar-refractivity contribution in [3.05, 3.63) is 180 Å². The van der Waals surface area contributed by atoms with Gasteiger partial charge in [0.2, 0.25) is 76.8 Å². The number of hydrogen-bond acceptors (Lipinski definition) is 17. The molecule has 38 nitrogen and oxygen atoms in total. The smallest absolute Gasteiger partial charge is 0.246 e. The largest absolute Gasteiger partial charge is 0.370 e. The minimum atomic E-state index is -1.57. The Morgan fingerprint density at radius 3 is 1.26 bits per heavy atom. The number of hydrogen-bond donors (Lipinski definition) is 22. The summed E-state index contributed by atoms with van der Waals surface area (Å²) in [6.07, 6.45) is 12.6. The van der Waals surface area contributed by atoms with Gasteiger partial charge in [-0.05, 0) is 166 Å². The van der Waals surface area contributed by atoms with E-state index < -0.39 is 161 Å². The molecule has 39 heteroatoms. The number of para-hydroxylation sites is 4. The Bertz CT molecular complexity index is 5810. The van der Waals surface area contributed by atoms with E-state index >= 15 is 38.4 Å². The van der Waals surface area contributed by atoms with Crippen molar-refractivity contribution in [3.63, 3.8) is 0 Å². The Morgan fingerprint density at radius 1 is 0.456 bits per heavy atom. The summed E-state index contributed by atoms with van der Waals surface area (Å²) in [6, 6.07) is 18.9. The zero-order valence-electron chi connectivity index (χ0n) is 76.3. The molecule has 3 saturated heterocycles. The monoisotopic (exact) mass is 1870 g/mol. The van der Waals surface area contributed by atoms with Crippen LogP contribution in [0.25, 0.3) is 43.6 Å². The van der Waals surface area contributed by atoms with Crippen LogP contribution in [0, 0.1) is 34.9 Å². The van der Waals surface area contributed by atoms with Gasteiger partial charge in [0.05, 0.1) is 6.04 Å². The van der Waals surface area contributed by atoms with Crippen LogP contribution in [0.15, 0.2) is 146 Å². The molecule has 0 saturated carbocycles. The van der Waals surface area contributed by atoms with Crippen molar-refractivity contribution in [3.8, 4) is 12.3 Å². The van der Waals surface area contributed by atoms with E-state index in [-0.39, 0.29) is 160 Å². The first kappa shape index (κ1) is 100. The fraction of sp³-hybridized carbons (Fsp3) is 0.433. The number of carbonyl (C=O) groups excluding carboxylic acids is 13. The number of amides is 13. The number of halogens is 1. The van der Waals surface area contributed by atoms with Gasteiger partial charge in [-0.1, -0.05) is 105 Å². The van der Waals surface area contributed by atoms with Crippen LogP contribution in [0.3, 0.4) is 0 Å². The number of terminal acetylenes is 1. The Kier molecular flexibility index (Phi) is 35.3. The Balaban J connectivity index is 0.805. The lowest BCUT2D eigenvalue weighted by Crippen LogP contribution is -2.61. The fourth-order valence-electron chi connectivity index (χ4n) is 18.1. The Hall–Kier alpha value is -14.7. The first-order valence-corrected chi connectivity index (χ1v) is 46.4. The minimum Gasteiger partial charge on any atom is -0.370 e. The number of rotatable bonds is 47. The van der Waals surface area contributed by atoms with E-state index in [2.05, 4.69) is 84.3 Å². The standard InChI is InChI=1S/C97H124FN25O13/c1-4-21-73(115-92(133)82(100)55(3)5-2)93(134)121-43-18-33-79(121)90(131)117-75(48-58-52-108-67-27-11-7-23-63(58)67)87(128)113-71(30-14-15-40-99)85(126)119-77(49-59-53-109-68-28-12-8-24-64(59)68)94(135)122-44-19-34-80(122)89(130)116-74(46-56-36-38-61(98)39-37-56)86(127)120-78(50-60-54-110-69-29-13-9-25-65(60)69)95(136)123-45-20-35-81(123)91(132)118-76(51-62-47-57-22-6-10-26-66(57)111-62)88(129)114-72(32-17-42-107-97(104)105)84(125)112-70(83(101)124)31-16-41-106-96(102)103/h1,6-13,22-29,36-39,47,52-55,70-82,108-111H,5,14-21,30-35,40-46,48-51,99-100H2,2-3H3,(H2,101,124)(H,112,125)(H,113,128)(H,114,129)(H,115,133)(H,116,130)(H,117,131)(H,118,132)(H,119,126)(H,120,127)(H4,102,103,106)(H4,104,105,107)/t55-,70-,71-,72-,73-,74-,75-,76-,77-,78-,79-,80-,81-,82-/m0/s1. The lowest BCUT2D eigenvalue weighted by Gasteiger charge is -2.32. The van der Waals surface area contributed by atoms with Crippen LogP contribution in [-0.2, 0) is 94.4 Å². The number of nitrogens with one attached hydrogen (secondary N) is 17. The minimum absolute atomic E-state index is 0.0148. The molecule has 136 heavy (non-hydrogen) atoms. The highest BCUT2D eigenvalue weighted by atomic mass is 19.1. The maximum Gasteiger partial charge on any atom is 0.246 e. The van der Waals surface area contributed by atoms with E-state index in [0.717, 1.165) is 16.3 Å². The number of unbranched alkanes of at least 4 members (excludes halogenated alkanes) is 1. The summed E-state index contributed by atoms with van der Waals surface area (Å²) in [5.41, 5.74) is 34.6. The number of nitrogens with two attached hydrogens (primary N) is 5. The van der Waals surface area contributed by atoms with Crippen molar-refractivity contribution in [2.45, 2.75) is 221 Å². The number of primary amides is 1. The van der Waals surface area contributed by atoms with Crippen LogP contribution in [0.2, 0.25) is 0 Å². The van der Waals surface area contributed by atoms with E-state index in [4.69, 9.17) is 45.9 Å². The van der Waals surface area contributed by atoms with Crippen LogP contribution in [0.4, 0.5) is 4.39 Å². The van der Waals surface area contributed by atoms with Crippen molar-refractivity contribution in [2.24, 2.45) is 34.6 Å². The molecule has 722 valence electrons. The molecule has 27 N–H and O–H groups in total. The van der Waals surface area contributed by atoms with Gasteiger partial charge in [0.25, 0.3) is 0 Å².